The average Bonchev–Trinajstić information content (AvgIpc) is 2.53. The predicted molar refractivity (Wildman–Crippen MR) is 79.6 cm³/mol. The van der Waals surface area contributed by atoms with Crippen molar-refractivity contribution in [3.8, 4) is 0 Å². The molecule has 0 spiro atoms. The number of Topliss-reactive ketones (excluding diaryl/α,β-unsaturated/α-hetero) is 1. The highest BCUT2D eigenvalue weighted by molar-refractivity contribution is 5.98. The highest BCUT2D eigenvalue weighted by Gasteiger charge is 2.12. The number of nitrogens with zero attached hydrogens (tertiary/aromatic N) is 1. The number of esters is 1. The second-order valence-corrected chi connectivity index (χ2v) is 5.20. The summed E-state index contributed by atoms with van der Waals surface area (Å²) in [6, 6.07) is 5.21. The fourth-order valence-electron chi connectivity index (χ4n) is 2.35. The highest BCUT2D eigenvalue weighted by Crippen LogP contribution is 2.22. The Morgan fingerprint density at radius 1 is 1.14 bits per heavy atom. The molecule has 0 amide bonds. The Hall–Kier alpha value is -2.50. The molecule has 0 aliphatic heterocycles. The smallest absolute Gasteiger partial charge is 0.331 e. The molecule has 1 aliphatic rings. The van der Waals surface area contributed by atoms with E-state index in [9.17, 15) is 19.7 Å². The van der Waals surface area contributed by atoms with Gasteiger partial charge in [0.25, 0.3) is 5.69 Å². The molecule has 0 radical (unpaired) electrons. The van der Waals surface area contributed by atoms with Gasteiger partial charge in [-0.05, 0) is 37.8 Å². The fraction of sp³-hybridized carbons (Fsp3) is 0.375. The van der Waals surface area contributed by atoms with Crippen LogP contribution in [0.2, 0.25) is 0 Å². The SMILES string of the molecule is O=C(C=C1CCCCC1)OCC(=O)c1ccc([N+](=O)[O-])cc1. The lowest BCUT2D eigenvalue weighted by Gasteiger charge is -2.12. The number of ketones is 1. The Labute approximate surface area is 127 Å². The van der Waals surface area contributed by atoms with E-state index in [0.717, 1.165) is 31.3 Å². The van der Waals surface area contributed by atoms with Crippen LogP contribution in [-0.4, -0.2) is 23.3 Å². The first-order valence-electron chi connectivity index (χ1n) is 7.20. The minimum Gasteiger partial charge on any atom is -0.454 e. The Bertz CT molecular complexity index is 595. The van der Waals surface area contributed by atoms with Gasteiger partial charge < -0.3 is 4.74 Å². The van der Waals surface area contributed by atoms with Gasteiger partial charge >= 0.3 is 5.97 Å². The van der Waals surface area contributed by atoms with Gasteiger partial charge in [0.2, 0.25) is 0 Å². The minimum absolute atomic E-state index is 0.0874. The van der Waals surface area contributed by atoms with Crippen LogP contribution in [0, 0.1) is 10.1 Å². The van der Waals surface area contributed by atoms with Crippen LogP contribution in [0.1, 0.15) is 42.5 Å². The molecule has 0 unspecified atom stereocenters. The van der Waals surface area contributed by atoms with Crippen LogP contribution in [0.25, 0.3) is 0 Å². The lowest BCUT2D eigenvalue weighted by molar-refractivity contribution is -0.384. The number of benzene rings is 1. The zero-order valence-corrected chi connectivity index (χ0v) is 12.1. The molecule has 1 fully saturated rings. The Balaban J connectivity index is 1.86. The highest BCUT2D eigenvalue weighted by atomic mass is 16.6. The number of nitro benzene ring substituents is 1. The van der Waals surface area contributed by atoms with E-state index in [2.05, 4.69) is 0 Å². The summed E-state index contributed by atoms with van der Waals surface area (Å²) in [6.45, 7) is -0.361. The molecule has 1 saturated carbocycles. The van der Waals surface area contributed by atoms with Gasteiger partial charge in [-0.25, -0.2) is 4.79 Å². The third kappa shape index (κ3) is 4.51. The molecule has 1 aliphatic carbocycles. The number of rotatable bonds is 5. The Kier molecular flexibility index (Phi) is 5.41. The number of hydrogen-bond donors (Lipinski definition) is 0. The van der Waals surface area contributed by atoms with Gasteiger partial charge in [0.05, 0.1) is 4.92 Å². The molecule has 22 heavy (non-hydrogen) atoms. The van der Waals surface area contributed by atoms with E-state index in [-0.39, 0.29) is 23.6 Å². The lowest BCUT2D eigenvalue weighted by Crippen LogP contribution is -2.13. The van der Waals surface area contributed by atoms with E-state index >= 15 is 0 Å². The molecule has 0 aromatic heterocycles. The second kappa shape index (κ2) is 7.49. The molecule has 1 aromatic rings. The monoisotopic (exact) mass is 303 g/mol. The van der Waals surface area contributed by atoms with Crippen molar-refractivity contribution in [2.24, 2.45) is 0 Å². The molecule has 2 rings (SSSR count). The third-order valence-corrected chi connectivity index (χ3v) is 3.56. The summed E-state index contributed by atoms with van der Waals surface area (Å²) in [7, 11) is 0. The number of nitro groups is 1. The molecule has 0 N–H and O–H groups in total. The van der Waals surface area contributed by atoms with Gasteiger partial charge in [-0.3, -0.25) is 14.9 Å². The molecule has 6 nitrogen and oxygen atoms in total. The normalized spacial score (nSPS) is 14.3. The summed E-state index contributed by atoms with van der Waals surface area (Å²) < 4.78 is 4.94. The molecule has 1 aromatic carbocycles. The standard InChI is InChI=1S/C16H17NO5/c18-15(13-6-8-14(9-7-13)17(20)21)11-22-16(19)10-12-4-2-1-3-5-12/h6-10H,1-5,11H2. The van der Waals surface area contributed by atoms with E-state index in [4.69, 9.17) is 4.74 Å². The number of carbonyl (C=O) groups excluding carboxylic acids is 2. The quantitative estimate of drug-likeness (QED) is 0.274. The summed E-state index contributed by atoms with van der Waals surface area (Å²) in [5.74, 6) is -0.891. The van der Waals surface area contributed by atoms with Gasteiger partial charge in [0, 0.05) is 23.8 Å². The molecule has 0 heterocycles. The van der Waals surface area contributed by atoms with E-state index in [1.807, 2.05) is 0 Å². The Morgan fingerprint density at radius 3 is 2.36 bits per heavy atom. The number of ether oxygens (including phenoxy) is 1. The van der Waals surface area contributed by atoms with E-state index in [1.54, 1.807) is 0 Å². The van der Waals surface area contributed by atoms with Crippen LogP contribution in [0.4, 0.5) is 5.69 Å². The van der Waals surface area contributed by atoms with Crippen molar-refractivity contribution in [3.63, 3.8) is 0 Å². The van der Waals surface area contributed by atoms with Crippen LogP contribution < -0.4 is 0 Å². The molecule has 116 valence electrons. The number of carbonyl (C=O) groups is 2. The number of non-ortho nitro benzene ring substituents is 1. The van der Waals surface area contributed by atoms with Crippen LogP contribution in [0.15, 0.2) is 35.9 Å². The molecule has 6 heteroatoms. The molecular weight excluding hydrogens is 286 g/mol. The van der Waals surface area contributed by atoms with Crippen molar-refractivity contribution >= 4 is 17.4 Å². The molecule has 0 saturated heterocycles. The maximum atomic E-state index is 11.9. The van der Waals surface area contributed by atoms with Gasteiger partial charge in [-0.15, -0.1) is 0 Å². The first-order valence-corrected chi connectivity index (χ1v) is 7.20. The first kappa shape index (κ1) is 15.9. The average molecular weight is 303 g/mol. The third-order valence-electron chi connectivity index (χ3n) is 3.56. The van der Waals surface area contributed by atoms with Crippen molar-refractivity contribution in [2.75, 3.05) is 6.61 Å². The summed E-state index contributed by atoms with van der Waals surface area (Å²) in [6.07, 6.45) is 6.64. The van der Waals surface area contributed by atoms with Crippen LogP contribution >= 0.6 is 0 Å². The minimum atomic E-state index is -0.537. The molecule has 0 bridgehead atoms. The van der Waals surface area contributed by atoms with Crippen LogP contribution in [0.5, 0.6) is 0 Å². The number of allylic oxidation sites excluding steroid dienone is 1. The van der Waals surface area contributed by atoms with Crippen molar-refractivity contribution in [3.05, 3.63) is 51.6 Å². The van der Waals surface area contributed by atoms with E-state index < -0.39 is 10.9 Å². The van der Waals surface area contributed by atoms with Gasteiger partial charge in [0.1, 0.15) is 0 Å². The topological polar surface area (TPSA) is 86.5 Å². The molecule has 0 atom stereocenters. The second-order valence-electron chi connectivity index (χ2n) is 5.20. The summed E-state index contributed by atoms with van der Waals surface area (Å²) >= 11 is 0. The summed E-state index contributed by atoms with van der Waals surface area (Å²) in [5, 5.41) is 10.5. The van der Waals surface area contributed by atoms with Crippen molar-refractivity contribution < 1.29 is 19.2 Å². The van der Waals surface area contributed by atoms with E-state index in [0.29, 0.717) is 0 Å². The zero-order chi connectivity index (χ0) is 15.9. The fourth-order valence-corrected chi connectivity index (χ4v) is 2.35. The van der Waals surface area contributed by atoms with Gasteiger partial charge in [0.15, 0.2) is 12.4 Å². The van der Waals surface area contributed by atoms with Crippen molar-refractivity contribution in [1.82, 2.24) is 0 Å². The van der Waals surface area contributed by atoms with Crippen LogP contribution in [-0.2, 0) is 9.53 Å². The molecular formula is C16H17NO5. The summed E-state index contributed by atoms with van der Waals surface area (Å²) in [4.78, 5) is 33.5. The summed E-state index contributed by atoms with van der Waals surface area (Å²) in [5.41, 5.74) is 1.26. The lowest BCUT2D eigenvalue weighted by atomic mass is 9.95. The van der Waals surface area contributed by atoms with Gasteiger partial charge in [-0.1, -0.05) is 12.0 Å². The predicted octanol–water partition coefficient (Wildman–Crippen LogP) is 3.21. The maximum absolute atomic E-state index is 11.9. The zero-order valence-electron chi connectivity index (χ0n) is 12.1. The van der Waals surface area contributed by atoms with Crippen LogP contribution in [0.3, 0.4) is 0 Å². The first-order chi connectivity index (χ1) is 10.6. The van der Waals surface area contributed by atoms with Gasteiger partial charge in [-0.2, -0.15) is 0 Å². The number of hydrogen-bond acceptors (Lipinski definition) is 5. The van der Waals surface area contributed by atoms with Crippen molar-refractivity contribution in [1.29, 1.82) is 0 Å². The largest absolute Gasteiger partial charge is 0.454 e. The van der Waals surface area contributed by atoms with Crippen molar-refractivity contribution in [2.45, 2.75) is 32.1 Å². The Morgan fingerprint density at radius 2 is 1.77 bits per heavy atom. The van der Waals surface area contributed by atoms with E-state index in [1.165, 1.54) is 36.8 Å². The maximum Gasteiger partial charge on any atom is 0.331 e.